The zero-order valence-corrected chi connectivity index (χ0v) is 15.4. The summed E-state index contributed by atoms with van der Waals surface area (Å²) < 4.78 is 28.6. The van der Waals surface area contributed by atoms with Crippen molar-refractivity contribution in [3.63, 3.8) is 0 Å². The third-order valence-electron chi connectivity index (χ3n) is 3.43. The molecule has 1 heterocycles. The van der Waals surface area contributed by atoms with Crippen LogP contribution in [0.5, 0.6) is 5.75 Å². The lowest BCUT2D eigenvalue weighted by atomic mass is 10.2. The Morgan fingerprint density at radius 3 is 2.67 bits per heavy atom. The predicted molar refractivity (Wildman–Crippen MR) is 97.2 cm³/mol. The first-order valence-corrected chi connectivity index (χ1v) is 9.17. The second-order valence-corrected chi connectivity index (χ2v) is 6.48. The third-order valence-corrected chi connectivity index (χ3v) is 4.48. The van der Waals surface area contributed by atoms with Crippen molar-refractivity contribution in [1.29, 1.82) is 0 Å². The molecule has 0 atom stereocenters. The van der Waals surface area contributed by atoms with Crippen molar-refractivity contribution in [3.8, 4) is 5.75 Å². The number of benzene rings is 2. The van der Waals surface area contributed by atoms with E-state index in [0.29, 0.717) is 28.8 Å². The number of nitrogens with zero attached hydrogens (tertiary/aromatic N) is 2. The fraction of sp³-hybridized carbons (Fsp3) is 0.211. The lowest BCUT2D eigenvalue weighted by Gasteiger charge is -2.09. The van der Waals surface area contributed by atoms with Gasteiger partial charge >= 0.3 is 5.97 Å². The Morgan fingerprint density at radius 1 is 1.15 bits per heavy atom. The first kappa shape index (κ1) is 18.9. The van der Waals surface area contributed by atoms with Crippen LogP contribution >= 0.6 is 11.8 Å². The molecular weight excluding hydrogens is 371 g/mol. The van der Waals surface area contributed by atoms with Crippen molar-refractivity contribution in [2.24, 2.45) is 0 Å². The van der Waals surface area contributed by atoms with E-state index in [9.17, 15) is 9.18 Å². The molecule has 0 spiro atoms. The first-order valence-electron chi connectivity index (χ1n) is 8.18. The highest BCUT2D eigenvalue weighted by Gasteiger charge is 2.14. The minimum atomic E-state index is -0.442. The average molecular weight is 388 g/mol. The quantitative estimate of drug-likeness (QED) is 0.327. The minimum Gasteiger partial charge on any atom is -0.490 e. The highest BCUT2D eigenvalue weighted by molar-refractivity contribution is 7.98. The van der Waals surface area contributed by atoms with Crippen molar-refractivity contribution in [1.82, 2.24) is 10.1 Å². The highest BCUT2D eigenvalue weighted by Crippen LogP contribution is 2.26. The summed E-state index contributed by atoms with van der Waals surface area (Å²) in [5.74, 6) is 1.26. The van der Waals surface area contributed by atoms with Crippen LogP contribution in [0.3, 0.4) is 0 Å². The van der Waals surface area contributed by atoms with Gasteiger partial charge in [0.15, 0.2) is 5.82 Å². The smallest absolute Gasteiger partial charge is 0.339 e. The Kier molecular flexibility index (Phi) is 6.43. The van der Waals surface area contributed by atoms with E-state index in [2.05, 4.69) is 10.1 Å². The van der Waals surface area contributed by atoms with Crippen molar-refractivity contribution < 1.29 is 23.2 Å². The van der Waals surface area contributed by atoms with Gasteiger partial charge in [-0.3, -0.25) is 0 Å². The van der Waals surface area contributed by atoms with Gasteiger partial charge in [-0.1, -0.05) is 17.3 Å². The van der Waals surface area contributed by atoms with Gasteiger partial charge in [-0.2, -0.15) is 4.98 Å². The van der Waals surface area contributed by atoms with Gasteiger partial charge in [0.1, 0.15) is 24.8 Å². The Bertz CT molecular complexity index is 899. The number of rotatable bonds is 8. The van der Waals surface area contributed by atoms with Crippen LogP contribution in [0, 0.1) is 12.7 Å². The molecule has 0 aliphatic carbocycles. The van der Waals surface area contributed by atoms with Crippen molar-refractivity contribution >= 4 is 17.7 Å². The molecule has 0 saturated heterocycles. The van der Waals surface area contributed by atoms with Gasteiger partial charge in [-0.25, -0.2) is 9.18 Å². The maximum Gasteiger partial charge on any atom is 0.339 e. The molecule has 0 aliphatic heterocycles. The molecule has 3 rings (SSSR count). The number of carbonyl (C=O) groups excluding carboxylic acids is 1. The van der Waals surface area contributed by atoms with Gasteiger partial charge in [0.2, 0.25) is 5.89 Å². The summed E-state index contributed by atoms with van der Waals surface area (Å²) in [6.45, 7) is 2.00. The molecule has 1 aromatic heterocycles. The molecule has 0 saturated carbocycles. The summed E-state index contributed by atoms with van der Waals surface area (Å²) in [5, 5.41) is 3.74. The number of thioether (sulfide) groups is 1. The van der Waals surface area contributed by atoms with Gasteiger partial charge in [-0.15, -0.1) is 11.8 Å². The fourth-order valence-corrected chi connectivity index (χ4v) is 3.08. The molecule has 0 N–H and O–H groups in total. The Labute approximate surface area is 159 Å². The van der Waals surface area contributed by atoms with E-state index >= 15 is 0 Å². The zero-order valence-electron chi connectivity index (χ0n) is 14.6. The third kappa shape index (κ3) is 5.55. The second-order valence-electron chi connectivity index (χ2n) is 5.46. The number of hydrogen-bond donors (Lipinski definition) is 0. The normalized spacial score (nSPS) is 10.6. The molecule has 0 unspecified atom stereocenters. The molecule has 0 fully saturated rings. The molecule has 140 valence electrons. The lowest BCUT2D eigenvalue weighted by Crippen LogP contribution is -2.13. The van der Waals surface area contributed by atoms with E-state index in [0.717, 1.165) is 4.90 Å². The number of hydrogen-bond acceptors (Lipinski definition) is 7. The predicted octanol–water partition coefficient (Wildman–Crippen LogP) is 4.05. The van der Waals surface area contributed by atoms with Crippen LogP contribution in [-0.4, -0.2) is 29.3 Å². The van der Waals surface area contributed by atoms with Crippen molar-refractivity contribution in [2.75, 3.05) is 13.2 Å². The monoisotopic (exact) mass is 388 g/mol. The van der Waals surface area contributed by atoms with Crippen LogP contribution in [0.25, 0.3) is 0 Å². The molecule has 3 aromatic rings. The summed E-state index contributed by atoms with van der Waals surface area (Å²) >= 11 is 1.42. The lowest BCUT2D eigenvalue weighted by molar-refractivity contribution is 0.0446. The number of aryl methyl sites for hydroxylation is 1. The molecular formula is C19H17FN2O4S. The van der Waals surface area contributed by atoms with E-state index in [-0.39, 0.29) is 19.0 Å². The summed E-state index contributed by atoms with van der Waals surface area (Å²) in [6, 6.07) is 12.8. The largest absolute Gasteiger partial charge is 0.490 e. The molecule has 2 aromatic carbocycles. The molecule has 0 radical (unpaired) electrons. The Hall–Kier alpha value is -2.87. The van der Waals surface area contributed by atoms with Crippen molar-refractivity contribution in [2.45, 2.75) is 17.6 Å². The van der Waals surface area contributed by atoms with E-state index < -0.39 is 5.97 Å². The van der Waals surface area contributed by atoms with Gasteiger partial charge in [0.05, 0.1) is 11.3 Å². The standard InChI is InChI=1S/C19H17FN2O4S/c1-13-21-18(26-22-13)12-27-17-5-3-2-4-16(17)19(23)25-11-10-24-15-8-6-14(20)7-9-15/h2-9H,10-12H2,1H3. The number of esters is 1. The highest BCUT2D eigenvalue weighted by atomic mass is 32.2. The molecule has 0 bridgehead atoms. The van der Waals surface area contributed by atoms with Crippen molar-refractivity contribution in [3.05, 3.63) is 71.6 Å². The second kappa shape index (κ2) is 9.18. The van der Waals surface area contributed by atoms with Crippen LogP contribution in [0.4, 0.5) is 4.39 Å². The van der Waals surface area contributed by atoms with E-state index in [1.807, 2.05) is 12.1 Å². The summed E-state index contributed by atoms with van der Waals surface area (Å²) in [4.78, 5) is 17.2. The molecule has 0 amide bonds. The number of ether oxygens (including phenoxy) is 2. The number of halogens is 1. The maximum atomic E-state index is 12.8. The zero-order chi connectivity index (χ0) is 19.1. The SMILES string of the molecule is Cc1noc(CSc2ccccc2C(=O)OCCOc2ccc(F)cc2)n1. The number of aromatic nitrogens is 2. The Morgan fingerprint density at radius 2 is 1.93 bits per heavy atom. The molecule has 27 heavy (non-hydrogen) atoms. The van der Waals surface area contributed by atoms with E-state index in [4.69, 9.17) is 14.0 Å². The van der Waals surface area contributed by atoms with Crippen LogP contribution in [0.1, 0.15) is 22.1 Å². The summed E-state index contributed by atoms with van der Waals surface area (Å²) in [5.41, 5.74) is 0.459. The van der Waals surface area contributed by atoms with Gasteiger partial charge < -0.3 is 14.0 Å². The summed E-state index contributed by atoms with van der Waals surface area (Å²) in [6.07, 6.45) is 0. The minimum absolute atomic E-state index is 0.0814. The van der Waals surface area contributed by atoms with Crippen LogP contribution < -0.4 is 4.74 Å². The van der Waals surface area contributed by atoms with E-state index in [1.54, 1.807) is 19.1 Å². The maximum absolute atomic E-state index is 12.8. The molecule has 0 aliphatic rings. The number of carbonyl (C=O) groups is 1. The fourth-order valence-electron chi connectivity index (χ4n) is 2.20. The van der Waals surface area contributed by atoms with Gasteiger partial charge in [-0.05, 0) is 43.3 Å². The van der Waals surface area contributed by atoms with Crippen LogP contribution in [0.2, 0.25) is 0 Å². The summed E-state index contributed by atoms with van der Waals surface area (Å²) in [7, 11) is 0. The average Bonchev–Trinajstić information content (AvgIpc) is 3.10. The van der Waals surface area contributed by atoms with Crippen LogP contribution in [0.15, 0.2) is 57.9 Å². The molecule has 8 heteroatoms. The van der Waals surface area contributed by atoms with E-state index in [1.165, 1.54) is 36.0 Å². The van der Waals surface area contributed by atoms with Gasteiger partial charge in [0.25, 0.3) is 0 Å². The topological polar surface area (TPSA) is 74.5 Å². The van der Waals surface area contributed by atoms with Crippen LogP contribution in [-0.2, 0) is 10.5 Å². The van der Waals surface area contributed by atoms with Gasteiger partial charge in [0, 0.05) is 4.90 Å². The Balaban J connectivity index is 1.51. The molecule has 6 nitrogen and oxygen atoms in total. The first-order chi connectivity index (χ1) is 13.1.